The lowest BCUT2D eigenvalue weighted by atomic mass is 10.2. The van der Waals surface area contributed by atoms with E-state index in [0.717, 1.165) is 0 Å². The van der Waals surface area contributed by atoms with Gasteiger partial charge in [-0.15, -0.1) is 10.2 Å². The second-order valence-corrected chi connectivity index (χ2v) is 6.05. The van der Waals surface area contributed by atoms with Crippen LogP contribution in [0.2, 0.25) is 5.02 Å². The van der Waals surface area contributed by atoms with Crippen molar-refractivity contribution in [1.29, 1.82) is 0 Å². The molecular formula is C17H12ClF3N6O3. The summed E-state index contributed by atoms with van der Waals surface area (Å²) in [4.78, 5) is 24.4. The molecule has 0 bridgehead atoms. The largest absolute Gasteiger partial charge is 0.480 e. The molecule has 0 aliphatic rings. The van der Waals surface area contributed by atoms with Crippen molar-refractivity contribution in [2.24, 2.45) is 0 Å². The number of hydrazine groups is 1. The highest BCUT2D eigenvalue weighted by atomic mass is 35.5. The lowest BCUT2D eigenvalue weighted by Crippen LogP contribution is -2.42. The van der Waals surface area contributed by atoms with Gasteiger partial charge in [-0.05, 0) is 18.2 Å². The molecule has 0 spiro atoms. The maximum Gasteiger partial charge on any atom is 0.434 e. The smallest absolute Gasteiger partial charge is 0.434 e. The Morgan fingerprint density at radius 2 is 1.70 bits per heavy atom. The van der Waals surface area contributed by atoms with Crippen molar-refractivity contribution >= 4 is 23.4 Å². The first kappa shape index (κ1) is 21.0. The summed E-state index contributed by atoms with van der Waals surface area (Å²) in [6, 6.07) is 8.42. The number of ether oxygens (including phenoxy) is 1. The third kappa shape index (κ3) is 4.33. The molecule has 0 aliphatic carbocycles. The van der Waals surface area contributed by atoms with Crippen LogP contribution >= 0.6 is 11.6 Å². The molecule has 3 rings (SSSR count). The molecular weight excluding hydrogens is 429 g/mol. The maximum atomic E-state index is 13.6. The summed E-state index contributed by atoms with van der Waals surface area (Å²) >= 11 is 5.87. The van der Waals surface area contributed by atoms with Crippen LogP contribution in [0.3, 0.4) is 0 Å². The molecule has 156 valence electrons. The van der Waals surface area contributed by atoms with Gasteiger partial charge in [0.15, 0.2) is 11.5 Å². The number of nitrogens with one attached hydrogen (secondary N) is 2. The Balaban J connectivity index is 1.86. The molecule has 0 saturated heterocycles. The number of rotatable bonds is 4. The normalized spacial score (nSPS) is 11.1. The highest BCUT2D eigenvalue weighted by Gasteiger charge is 2.41. The molecule has 0 fully saturated rings. The summed E-state index contributed by atoms with van der Waals surface area (Å²) in [6.07, 6.45) is -4.26. The molecule has 2 amide bonds. The standard InChI is InChI=1S/C17H12ClF3N6O3/c1-30-13-7-6-12(23-24-13)27-14(17(19,20)21)10(8-22-27)16(29)26-25-15(28)9-4-2-3-5-11(9)18/h2-8H,1H3,(H,25,28)(H,26,29). The maximum absolute atomic E-state index is 13.6. The van der Waals surface area contributed by atoms with Gasteiger partial charge in [-0.1, -0.05) is 23.7 Å². The van der Waals surface area contributed by atoms with Crippen LogP contribution < -0.4 is 15.6 Å². The number of methoxy groups -OCH3 is 1. The van der Waals surface area contributed by atoms with E-state index in [-0.39, 0.29) is 22.3 Å². The van der Waals surface area contributed by atoms with Gasteiger partial charge < -0.3 is 4.74 Å². The molecule has 30 heavy (non-hydrogen) atoms. The van der Waals surface area contributed by atoms with Crippen LogP contribution in [-0.4, -0.2) is 38.9 Å². The van der Waals surface area contributed by atoms with E-state index in [1.54, 1.807) is 6.07 Å². The van der Waals surface area contributed by atoms with E-state index in [2.05, 4.69) is 15.3 Å². The van der Waals surface area contributed by atoms with Crippen LogP contribution in [0.5, 0.6) is 5.88 Å². The zero-order valence-corrected chi connectivity index (χ0v) is 15.8. The van der Waals surface area contributed by atoms with E-state index in [9.17, 15) is 22.8 Å². The summed E-state index contributed by atoms with van der Waals surface area (Å²) < 4.78 is 46.1. The highest BCUT2D eigenvalue weighted by molar-refractivity contribution is 6.33. The molecule has 9 nitrogen and oxygen atoms in total. The fourth-order valence-corrected chi connectivity index (χ4v) is 2.61. The second-order valence-electron chi connectivity index (χ2n) is 5.64. The first-order valence-electron chi connectivity index (χ1n) is 8.11. The number of aromatic nitrogens is 4. The van der Waals surface area contributed by atoms with Crippen molar-refractivity contribution in [3.63, 3.8) is 0 Å². The second kappa shape index (κ2) is 8.37. The van der Waals surface area contributed by atoms with Crippen LogP contribution in [0.15, 0.2) is 42.6 Å². The summed E-state index contributed by atoms with van der Waals surface area (Å²) in [6.45, 7) is 0. The number of carbonyl (C=O) groups is 2. The number of hydrogen-bond acceptors (Lipinski definition) is 6. The lowest BCUT2D eigenvalue weighted by Gasteiger charge is -2.12. The van der Waals surface area contributed by atoms with Gasteiger partial charge in [0.05, 0.1) is 29.5 Å². The van der Waals surface area contributed by atoms with Crippen molar-refractivity contribution < 1.29 is 27.5 Å². The van der Waals surface area contributed by atoms with E-state index in [1.165, 1.54) is 37.4 Å². The van der Waals surface area contributed by atoms with Crippen LogP contribution in [0, 0.1) is 0 Å². The van der Waals surface area contributed by atoms with E-state index >= 15 is 0 Å². The third-order valence-electron chi connectivity index (χ3n) is 3.74. The van der Waals surface area contributed by atoms with Crippen LogP contribution in [0.4, 0.5) is 13.2 Å². The van der Waals surface area contributed by atoms with E-state index in [0.29, 0.717) is 10.9 Å². The highest BCUT2D eigenvalue weighted by Crippen LogP contribution is 2.33. The molecule has 0 radical (unpaired) electrons. The molecule has 13 heteroatoms. The minimum atomic E-state index is -4.96. The molecule has 2 aromatic heterocycles. The Labute approximate surface area is 171 Å². The SMILES string of the molecule is COc1ccc(-n2ncc(C(=O)NNC(=O)c3ccccc3Cl)c2C(F)(F)F)nn1. The molecule has 2 N–H and O–H groups in total. The number of carbonyl (C=O) groups excluding carboxylic acids is 2. The Bertz CT molecular complexity index is 1090. The number of amides is 2. The minimum Gasteiger partial charge on any atom is -0.480 e. The van der Waals surface area contributed by atoms with E-state index < -0.39 is 29.2 Å². The summed E-state index contributed by atoms with van der Waals surface area (Å²) in [7, 11) is 1.32. The molecule has 0 unspecified atom stereocenters. The fourth-order valence-electron chi connectivity index (χ4n) is 2.39. The quantitative estimate of drug-likeness (QED) is 0.603. The molecule has 1 aromatic carbocycles. The summed E-state index contributed by atoms with van der Waals surface area (Å²) in [5.74, 6) is -2.26. The van der Waals surface area contributed by atoms with Crippen LogP contribution in [0.25, 0.3) is 5.82 Å². The predicted octanol–water partition coefficient (Wildman–Crippen LogP) is 2.42. The monoisotopic (exact) mass is 440 g/mol. The van der Waals surface area contributed by atoms with Gasteiger partial charge in [-0.25, -0.2) is 4.68 Å². The number of nitrogens with zero attached hydrogens (tertiary/aromatic N) is 4. The molecule has 3 aromatic rings. The number of hydrogen-bond donors (Lipinski definition) is 2. The van der Waals surface area contributed by atoms with Gasteiger partial charge in [-0.2, -0.15) is 18.3 Å². The Morgan fingerprint density at radius 1 is 1.03 bits per heavy atom. The van der Waals surface area contributed by atoms with Gasteiger partial charge in [0.2, 0.25) is 5.88 Å². The van der Waals surface area contributed by atoms with Crippen LogP contribution in [-0.2, 0) is 6.18 Å². The van der Waals surface area contributed by atoms with E-state index in [4.69, 9.17) is 16.3 Å². The zero-order chi connectivity index (χ0) is 21.9. The topological polar surface area (TPSA) is 111 Å². The Hall–Kier alpha value is -3.67. The van der Waals surface area contributed by atoms with Crippen molar-refractivity contribution in [2.45, 2.75) is 6.18 Å². The summed E-state index contributed by atoms with van der Waals surface area (Å²) in [5, 5.41) is 10.9. The third-order valence-corrected chi connectivity index (χ3v) is 4.07. The number of benzene rings is 1. The lowest BCUT2D eigenvalue weighted by molar-refractivity contribution is -0.143. The average molecular weight is 441 g/mol. The van der Waals surface area contributed by atoms with Gasteiger partial charge in [0.25, 0.3) is 11.8 Å². The first-order valence-corrected chi connectivity index (χ1v) is 8.48. The van der Waals surface area contributed by atoms with Gasteiger partial charge in [0, 0.05) is 6.07 Å². The molecule has 0 aliphatic heterocycles. The number of alkyl halides is 3. The van der Waals surface area contributed by atoms with Crippen molar-refractivity contribution in [2.75, 3.05) is 7.11 Å². The van der Waals surface area contributed by atoms with Gasteiger partial charge >= 0.3 is 6.18 Å². The van der Waals surface area contributed by atoms with Gasteiger partial charge in [0.1, 0.15) is 0 Å². The predicted molar refractivity (Wildman–Crippen MR) is 97.1 cm³/mol. The first-order chi connectivity index (χ1) is 14.2. The Kier molecular flexibility index (Phi) is 5.87. The van der Waals surface area contributed by atoms with E-state index in [1.807, 2.05) is 10.9 Å². The van der Waals surface area contributed by atoms with Gasteiger partial charge in [-0.3, -0.25) is 20.4 Å². The van der Waals surface area contributed by atoms with Crippen LogP contribution in [0.1, 0.15) is 26.4 Å². The molecule has 0 saturated carbocycles. The van der Waals surface area contributed by atoms with Crippen molar-refractivity contribution in [1.82, 2.24) is 30.8 Å². The average Bonchev–Trinajstić information content (AvgIpc) is 3.18. The van der Waals surface area contributed by atoms with Crippen molar-refractivity contribution in [3.8, 4) is 11.7 Å². The molecule has 2 heterocycles. The van der Waals surface area contributed by atoms with Crippen molar-refractivity contribution in [3.05, 3.63) is 64.4 Å². The number of halogens is 4. The Morgan fingerprint density at radius 3 is 2.27 bits per heavy atom. The zero-order valence-electron chi connectivity index (χ0n) is 15.1. The fraction of sp³-hybridized carbons (Fsp3) is 0.118. The summed E-state index contributed by atoms with van der Waals surface area (Å²) in [5.41, 5.74) is 1.72. The minimum absolute atomic E-state index is 0.0275. The molecule has 0 atom stereocenters.